The Bertz CT molecular complexity index is 888. The van der Waals surface area contributed by atoms with Gasteiger partial charge in [0.1, 0.15) is 0 Å². The Balaban J connectivity index is 0.00000240. The molecule has 2 heterocycles. The summed E-state index contributed by atoms with van der Waals surface area (Å²) in [6.45, 7) is 0.419. The first-order valence-corrected chi connectivity index (χ1v) is 9.07. The summed E-state index contributed by atoms with van der Waals surface area (Å²) in [4.78, 5) is 16.6. The third-order valence-electron chi connectivity index (χ3n) is 4.63. The van der Waals surface area contributed by atoms with Crippen LogP contribution in [0, 0.1) is 5.82 Å². The van der Waals surface area contributed by atoms with Crippen LogP contribution in [-0.2, 0) is 10.7 Å². The summed E-state index contributed by atoms with van der Waals surface area (Å²) in [5.74, 6) is -4.31. The average molecular weight is 479 g/mol. The van der Waals surface area contributed by atoms with E-state index in [1.807, 2.05) is 0 Å². The molecule has 0 spiro atoms. The number of anilines is 1. The molecular formula is C20H23Cl2F3N4O2. The highest BCUT2D eigenvalue weighted by Gasteiger charge is 2.36. The fourth-order valence-corrected chi connectivity index (χ4v) is 3.20. The molecule has 0 radical (unpaired) electrons. The Morgan fingerprint density at radius 2 is 2.00 bits per heavy atom. The van der Waals surface area contributed by atoms with Crippen molar-refractivity contribution in [2.45, 2.75) is 18.4 Å². The highest BCUT2D eigenvalue weighted by molar-refractivity contribution is 5.90. The lowest BCUT2D eigenvalue weighted by molar-refractivity contribution is -0.124. The number of amides is 1. The topological polar surface area (TPSA) is 77.5 Å². The van der Waals surface area contributed by atoms with Crippen molar-refractivity contribution >= 4 is 42.6 Å². The molecule has 3 rings (SSSR count). The predicted octanol–water partition coefficient (Wildman–Crippen LogP) is 3.86. The molecule has 31 heavy (non-hydrogen) atoms. The molecule has 0 aliphatic carbocycles. The quantitative estimate of drug-likeness (QED) is 0.320. The van der Waals surface area contributed by atoms with Gasteiger partial charge in [-0.05, 0) is 24.1 Å². The Labute approximate surface area is 190 Å². The lowest BCUT2D eigenvalue weighted by Gasteiger charge is -2.24. The minimum absolute atomic E-state index is 0. The van der Waals surface area contributed by atoms with E-state index in [2.05, 4.69) is 10.3 Å². The van der Waals surface area contributed by atoms with Gasteiger partial charge in [-0.2, -0.15) is 8.78 Å². The van der Waals surface area contributed by atoms with Crippen molar-refractivity contribution in [1.82, 2.24) is 15.4 Å². The van der Waals surface area contributed by atoms with Gasteiger partial charge in [-0.25, -0.2) is 14.9 Å². The first-order chi connectivity index (χ1) is 13.9. The number of alkyl halides is 2. The molecule has 1 fully saturated rings. The molecule has 0 bridgehead atoms. The maximum absolute atomic E-state index is 14.4. The number of nitrogens with one attached hydrogen (secondary N) is 2. The molecule has 0 unspecified atom stereocenters. The molecule has 1 amide bonds. The largest absolute Gasteiger partial charge is 0.364 e. The average Bonchev–Trinajstić information content (AvgIpc) is 3.14. The zero-order valence-corrected chi connectivity index (χ0v) is 17.9. The SMILES string of the molecule is Cl.Cl.O=C(/C=C/c1cnc(N[C@@H]2CCN(CC(F)(F)c3ccccc3)C2)c(F)c1)NO. The fraction of sp³-hybridized carbons (Fsp3) is 0.300. The molecule has 0 saturated carbocycles. The number of hydrogen-bond acceptors (Lipinski definition) is 5. The number of carbonyl (C=O) groups excluding carboxylic acids is 1. The third kappa shape index (κ3) is 7.39. The van der Waals surface area contributed by atoms with E-state index in [0.717, 1.165) is 6.08 Å². The van der Waals surface area contributed by atoms with Gasteiger partial charge >= 0.3 is 0 Å². The van der Waals surface area contributed by atoms with E-state index in [0.29, 0.717) is 25.1 Å². The second-order valence-corrected chi connectivity index (χ2v) is 6.84. The Hall–Kier alpha value is -2.33. The molecule has 170 valence electrons. The Morgan fingerprint density at radius 1 is 1.29 bits per heavy atom. The van der Waals surface area contributed by atoms with Crippen molar-refractivity contribution < 1.29 is 23.2 Å². The van der Waals surface area contributed by atoms with Crippen LogP contribution in [0.3, 0.4) is 0 Å². The number of carbonyl (C=O) groups is 1. The number of pyridine rings is 1. The summed E-state index contributed by atoms with van der Waals surface area (Å²) in [6.07, 6.45) is 4.28. The molecule has 6 nitrogen and oxygen atoms in total. The van der Waals surface area contributed by atoms with Gasteiger partial charge in [0.05, 0.1) is 6.54 Å². The van der Waals surface area contributed by atoms with E-state index in [4.69, 9.17) is 5.21 Å². The summed E-state index contributed by atoms with van der Waals surface area (Å²) in [7, 11) is 0. The molecule has 1 aromatic heterocycles. The molecule has 1 saturated heterocycles. The van der Waals surface area contributed by atoms with Gasteiger partial charge in [0, 0.05) is 37.0 Å². The van der Waals surface area contributed by atoms with Crippen LogP contribution >= 0.6 is 24.8 Å². The van der Waals surface area contributed by atoms with E-state index in [1.54, 1.807) is 23.1 Å². The van der Waals surface area contributed by atoms with Crippen molar-refractivity contribution in [3.8, 4) is 0 Å². The van der Waals surface area contributed by atoms with E-state index in [9.17, 15) is 18.0 Å². The Kier molecular flexibility index (Phi) is 10.3. The number of hydrogen-bond donors (Lipinski definition) is 3. The molecule has 3 N–H and O–H groups in total. The van der Waals surface area contributed by atoms with Crippen molar-refractivity contribution in [3.63, 3.8) is 0 Å². The standard InChI is InChI=1S/C20H21F3N4O2.2ClH/c21-17-10-14(6-7-18(28)26-29)11-24-19(17)25-16-8-9-27(12-16)13-20(22,23)15-4-2-1-3-5-15;;/h1-7,10-11,16,29H,8-9,12-13H2,(H,24,25)(H,26,28);2*1H/b7-6+;;/t16-;;/m1../s1. The van der Waals surface area contributed by atoms with E-state index in [-0.39, 0.29) is 42.2 Å². The lowest BCUT2D eigenvalue weighted by atomic mass is 10.1. The predicted molar refractivity (Wildman–Crippen MR) is 116 cm³/mol. The number of aromatic nitrogens is 1. The molecule has 2 aromatic rings. The van der Waals surface area contributed by atoms with Crippen LogP contribution in [0.5, 0.6) is 0 Å². The van der Waals surface area contributed by atoms with Gasteiger partial charge in [0.2, 0.25) is 0 Å². The van der Waals surface area contributed by atoms with Gasteiger partial charge in [-0.15, -0.1) is 24.8 Å². The van der Waals surface area contributed by atoms with Crippen LogP contribution in [0.2, 0.25) is 0 Å². The molecule has 1 aromatic carbocycles. The van der Waals surface area contributed by atoms with Crippen molar-refractivity contribution in [2.24, 2.45) is 0 Å². The van der Waals surface area contributed by atoms with Gasteiger partial charge in [0.15, 0.2) is 11.6 Å². The number of benzene rings is 1. The minimum atomic E-state index is -2.96. The van der Waals surface area contributed by atoms with Gasteiger partial charge in [-0.3, -0.25) is 14.9 Å². The molecule has 1 atom stereocenters. The number of halogens is 5. The van der Waals surface area contributed by atoms with Crippen LogP contribution < -0.4 is 10.8 Å². The zero-order valence-electron chi connectivity index (χ0n) is 16.3. The molecule has 11 heteroatoms. The highest BCUT2D eigenvalue weighted by Crippen LogP contribution is 2.30. The van der Waals surface area contributed by atoms with Crippen LogP contribution in [-0.4, -0.2) is 46.7 Å². The van der Waals surface area contributed by atoms with Crippen LogP contribution in [0.15, 0.2) is 48.7 Å². The van der Waals surface area contributed by atoms with Crippen molar-refractivity contribution in [2.75, 3.05) is 25.0 Å². The highest BCUT2D eigenvalue weighted by atomic mass is 35.5. The van der Waals surface area contributed by atoms with Gasteiger partial charge in [0.25, 0.3) is 11.8 Å². The minimum Gasteiger partial charge on any atom is -0.364 e. The summed E-state index contributed by atoms with van der Waals surface area (Å²) in [5, 5.41) is 11.4. The normalized spacial score (nSPS) is 16.5. The van der Waals surface area contributed by atoms with Crippen LogP contribution in [0.25, 0.3) is 6.08 Å². The lowest BCUT2D eigenvalue weighted by Crippen LogP contribution is -2.35. The van der Waals surface area contributed by atoms with Crippen LogP contribution in [0.1, 0.15) is 17.5 Å². The number of hydroxylamine groups is 1. The smallest absolute Gasteiger partial charge is 0.285 e. The zero-order chi connectivity index (χ0) is 20.9. The van der Waals surface area contributed by atoms with Crippen molar-refractivity contribution in [1.29, 1.82) is 0 Å². The molecular weight excluding hydrogens is 456 g/mol. The third-order valence-corrected chi connectivity index (χ3v) is 4.63. The van der Waals surface area contributed by atoms with Crippen molar-refractivity contribution in [3.05, 3.63) is 65.6 Å². The second-order valence-electron chi connectivity index (χ2n) is 6.84. The number of likely N-dealkylation sites (tertiary alicyclic amines) is 1. The first kappa shape index (κ1) is 26.7. The summed E-state index contributed by atoms with van der Waals surface area (Å²) in [6, 6.07) is 8.66. The van der Waals surface area contributed by atoms with Gasteiger partial charge < -0.3 is 5.32 Å². The summed E-state index contributed by atoms with van der Waals surface area (Å²) in [5.41, 5.74) is 1.74. The summed E-state index contributed by atoms with van der Waals surface area (Å²) >= 11 is 0. The number of rotatable bonds is 7. The van der Waals surface area contributed by atoms with E-state index >= 15 is 0 Å². The molecule has 1 aliphatic rings. The van der Waals surface area contributed by atoms with E-state index < -0.39 is 24.2 Å². The monoisotopic (exact) mass is 478 g/mol. The maximum atomic E-state index is 14.4. The van der Waals surface area contributed by atoms with Crippen LogP contribution in [0.4, 0.5) is 19.0 Å². The maximum Gasteiger partial charge on any atom is 0.285 e. The first-order valence-electron chi connectivity index (χ1n) is 9.07. The number of nitrogens with zero attached hydrogens (tertiary/aromatic N) is 2. The van der Waals surface area contributed by atoms with Gasteiger partial charge in [-0.1, -0.05) is 30.3 Å². The summed E-state index contributed by atoms with van der Waals surface area (Å²) < 4.78 is 43.1. The second kappa shape index (κ2) is 11.9. The molecule has 1 aliphatic heterocycles. The fourth-order valence-electron chi connectivity index (χ4n) is 3.20. The van der Waals surface area contributed by atoms with E-state index in [1.165, 1.54) is 36.0 Å². The Morgan fingerprint density at radius 3 is 2.65 bits per heavy atom.